The van der Waals surface area contributed by atoms with Crippen LogP contribution in [0, 0.1) is 28.6 Å². The molecule has 1 aliphatic rings. The van der Waals surface area contributed by atoms with Gasteiger partial charge in [0.2, 0.25) is 0 Å². The van der Waals surface area contributed by atoms with Crippen molar-refractivity contribution in [2.75, 3.05) is 37.6 Å². The minimum Gasteiger partial charge on any atom is -0.369 e. The van der Waals surface area contributed by atoms with Crippen LogP contribution >= 0.6 is 0 Å². The van der Waals surface area contributed by atoms with Gasteiger partial charge in [0.1, 0.15) is 0 Å². The summed E-state index contributed by atoms with van der Waals surface area (Å²) in [5.41, 5.74) is -0.0609. The fraction of sp³-hybridized carbons (Fsp3) is 0.529. The molecule has 1 fully saturated rings. The Bertz CT molecular complexity index is 622. The zero-order valence-corrected chi connectivity index (χ0v) is 13.3. The Kier molecular flexibility index (Phi) is 6.05. The van der Waals surface area contributed by atoms with E-state index in [2.05, 4.69) is 11.0 Å². The van der Waals surface area contributed by atoms with Gasteiger partial charge in [-0.05, 0) is 24.6 Å². The predicted molar refractivity (Wildman–Crippen MR) is 84.0 cm³/mol. The van der Waals surface area contributed by atoms with E-state index in [1.54, 1.807) is 6.07 Å². The van der Waals surface area contributed by atoms with Crippen LogP contribution in [0.4, 0.5) is 18.9 Å². The van der Waals surface area contributed by atoms with Crippen molar-refractivity contribution in [2.24, 2.45) is 5.92 Å². The third-order valence-corrected chi connectivity index (χ3v) is 4.18. The van der Waals surface area contributed by atoms with E-state index < -0.39 is 11.7 Å². The van der Waals surface area contributed by atoms with E-state index >= 15 is 0 Å². The molecule has 1 heterocycles. The second-order valence-corrected chi connectivity index (χ2v) is 5.86. The number of nitriles is 2. The summed E-state index contributed by atoms with van der Waals surface area (Å²) in [7, 11) is 0. The van der Waals surface area contributed by atoms with Crippen LogP contribution in [-0.2, 0) is 6.18 Å². The molecule has 0 aliphatic carbocycles. The van der Waals surface area contributed by atoms with E-state index in [4.69, 9.17) is 10.5 Å². The van der Waals surface area contributed by atoms with E-state index in [0.29, 0.717) is 51.3 Å². The van der Waals surface area contributed by atoms with Gasteiger partial charge >= 0.3 is 6.18 Å². The van der Waals surface area contributed by atoms with Crippen molar-refractivity contribution in [3.8, 4) is 12.1 Å². The number of hydrogen-bond donors (Lipinski definition) is 0. The van der Waals surface area contributed by atoms with Crippen LogP contribution in [0.5, 0.6) is 0 Å². The van der Waals surface area contributed by atoms with Crippen molar-refractivity contribution in [3.05, 3.63) is 29.8 Å². The van der Waals surface area contributed by atoms with Gasteiger partial charge in [0.25, 0.3) is 0 Å². The summed E-state index contributed by atoms with van der Waals surface area (Å²) in [6, 6.07) is 9.64. The molecule has 1 unspecified atom stereocenters. The quantitative estimate of drug-likeness (QED) is 0.828. The summed E-state index contributed by atoms with van der Waals surface area (Å²) in [4.78, 5) is 4.07. The third kappa shape index (κ3) is 4.87. The molecule has 1 saturated heterocycles. The molecular formula is C17H19F3N4. The Balaban J connectivity index is 1.91. The Hall–Kier alpha value is -2.25. The molecule has 7 heteroatoms. The van der Waals surface area contributed by atoms with Crippen LogP contribution in [0.2, 0.25) is 0 Å². The van der Waals surface area contributed by atoms with E-state index in [1.807, 2.05) is 11.0 Å². The second-order valence-electron chi connectivity index (χ2n) is 5.86. The molecule has 2 rings (SSSR count). The molecule has 0 spiro atoms. The van der Waals surface area contributed by atoms with Crippen LogP contribution in [0.15, 0.2) is 24.3 Å². The van der Waals surface area contributed by atoms with Crippen LogP contribution in [0.25, 0.3) is 0 Å². The molecule has 4 nitrogen and oxygen atoms in total. The molecular weight excluding hydrogens is 317 g/mol. The fourth-order valence-corrected chi connectivity index (χ4v) is 2.81. The standard InChI is InChI=1S/C17H19F3N4/c18-17(19,20)15-4-1-5-16(11-15)24-9-7-23(8-10-24)13-14(12-22)3-2-6-21/h1,4-5,11,14H,2-3,7-10,13H2. The SMILES string of the molecule is N#CCCC(C#N)CN1CCN(c2cccc(C(F)(F)F)c2)CC1. The zero-order chi connectivity index (χ0) is 17.6. The van der Waals surface area contributed by atoms with Gasteiger partial charge in [-0.2, -0.15) is 23.7 Å². The molecule has 1 aliphatic heterocycles. The normalized spacial score (nSPS) is 17.1. The predicted octanol–water partition coefficient (Wildman–Crippen LogP) is 3.27. The number of piperazine rings is 1. The largest absolute Gasteiger partial charge is 0.416 e. The molecule has 0 amide bonds. The summed E-state index contributed by atoms with van der Waals surface area (Å²) in [6.07, 6.45) is -3.41. The van der Waals surface area contributed by atoms with E-state index in [9.17, 15) is 13.2 Å². The number of rotatable bonds is 5. The van der Waals surface area contributed by atoms with Gasteiger partial charge in [0, 0.05) is 44.8 Å². The first-order valence-electron chi connectivity index (χ1n) is 7.85. The summed E-state index contributed by atoms with van der Waals surface area (Å²) in [5, 5.41) is 17.7. The Labute approximate surface area is 139 Å². The van der Waals surface area contributed by atoms with Gasteiger partial charge in [-0.25, -0.2) is 0 Å². The highest BCUT2D eigenvalue weighted by Crippen LogP contribution is 2.31. The topological polar surface area (TPSA) is 54.1 Å². The molecule has 1 atom stereocenters. The zero-order valence-electron chi connectivity index (χ0n) is 13.3. The number of anilines is 1. The average molecular weight is 336 g/mol. The Morgan fingerprint density at radius 3 is 2.42 bits per heavy atom. The highest BCUT2D eigenvalue weighted by molar-refractivity contribution is 5.49. The van der Waals surface area contributed by atoms with Gasteiger partial charge in [0.15, 0.2) is 0 Å². The molecule has 1 aromatic carbocycles. The molecule has 0 radical (unpaired) electrons. The van der Waals surface area contributed by atoms with E-state index in [0.717, 1.165) is 6.07 Å². The van der Waals surface area contributed by atoms with Crippen molar-refractivity contribution in [3.63, 3.8) is 0 Å². The first-order chi connectivity index (χ1) is 11.4. The number of alkyl halides is 3. The van der Waals surface area contributed by atoms with Crippen molar-refractivity contribution in [1.82, 2.24) is 4.90 Å². The van der Waals surface area contributed by atoms with Crippen molar-refractivity contribution in [1.29, 1.82) is 10.5 Å². The van der Waals surface area contributed by atoms with E-state index in [1.165, 1.54) is 12.1 Å². The molecule has 24 heavy (non-hydrogen) atoms. The highest BCUT2D eigenvalue weighted by atomic mass is 19.4. The number of nitrogens with zero attached hydrogens (tertiary/aromatic N) is 4. The first kappa shape index (κ1) is 18.1. The van der Waals surface area contributed by atoms with Crippen LogP contribution in [-0.4, -0.2) is 37.6 Å². The van der Waals surface area contributed by atoms with Gasteiger partial charge in [-0.15, -0.1) is 0 Å². The monoisotopic (exact) mass is 336 g/mol. The smallest absolute Gasteiger partial charge is 0.369 e. The molecule has 0 saturated carbocycles. The van der Waals surface area contributed by atoms with Gasteiger partial charge in [-0.1, -0.05) is 6.07 Å². The maximum atomic E-state index is 12.8. The van der Waals surface area contributed by atoms with Crippen LogP contribution < -0.4 is 4.90 Å². The van der Waals surface area contributed by atoms with Gasteiger partial charge in [-0.3, -0.25) is 4.90 Å². The second kappa shape index (κ2) is 8.03. The maximum Gasteiger partial charge on any atom is 0.416 e. The fourth-order valence-electron chi connectivity index (χ4n) is 2.81. The maximum absolute atomic E-state index is 12.8. The van der Waals surface area contributed by atoms with Crippen molar-refractivity contribution in [2.45, 2.75) is 19.0 Å². The lowest BCUT2D eigenvalue weighted by atomic mass is 10.0. The number of hydrogen-bond acceptors (Lipinski definition) is 4. The van der Waals surface area contributed by atoms with Crippen LogP contribution in [0.1, 0.15) is 18.4 Å². The molecule has 0 aromatic heterocycles. The number of halogens is 3. The summed E-state index contributed by atoms with van der Waals surface area (Å²) in [5.74, 6) is -0.176. The lowest BCUT2D eigenvalue weighted by Gasteiger charge is -2.37. The van der Waals surface area contributed by atoms with Gasteiger partial charge < -0.3 is 4.90 Å². The summed E-state index contributed by atoms with van der Waals surface area (Å²) >= 11 is 0. The van der Waals surface area contributed by atoms with Crippen molar-refractivity contribution < 1.29 is 13.2 Å². The summed E-state index contributed by atoms with van der Waals surface area (Å²) < 4.78 is 38.4. The lowest BCUT2D eigenvalue weighted by molar-refractivity contribution is -0.137. The minimum atomic E-state index is -4.33. The average Bonchev–Trinajstić information content (AvgIpc) is 2.58. The highest BCUT2D eigenvalue weighted by Gasteiger charge is 2.31. The van der Waals surface area contributed by atoms with Crippen LogP contribution in [0.3, 0.4) is 0 Å². The summed E-state index contributed by atoms with van der Waals surface area (Å²) in [6.45, 7) is 3.24. The van der Waals surface area contributed by atoms with Gasteiger partial charge in [0.05, 0.1) is 23.6 Å². The third-order valence-electron chi connectivity index (χ3n) is 4.18. The lowest BCUT2D eigenvalue weighted by Crippen LogP contribution is -2.47. The Morgan fingerprint density at radius 1 is 1.12 bits per heavy atom. The molecule has 128 valence electrons. The van der Waals surface area contributed by atoms with E-state index in [-0.39, 0.29) is 5.92 Å². The Morgan fingerprint density at radius 2 is 1.83 bits per heavy atom. The number of benzene rings is 1. The van der Waals surface area contributed by atoms with Crippen molar-refractivity contribution >= 4 is 5.69 Å². The molecule has 0 N–H and O–H groups in total. The molecule has 0 bridgehead atoms. The molecule has 1 aromatic rings. The minimum absolute atomic E-state index is 0.176. The first-order valence-corrected chi connectivity index (χ1v) is 7.85.